The van der Waals surface area contributed by atoms with Crippen LogP contribution in [0.1, 0.15) is 52.2 Å². The zero-order valence-corrected chi connectivity index (χ0v) is 27.1. The monoisotopic (exact) mass is 639 g/mol. The van der Waals surface area contributed by atoms with Crippen LogP contribution in [0.25, 0.3) is 6.08 Å². The molecular weight excluding hydrogens is 603 g/mol. The van der Waals surface area contributed by atoms with Crippen LogP contribution in [-0.4, -0.2) is 41.1 Å². The van der Waals surface area contributed by atoms with Gasteiger partial charge in [0.15, 0.2) is 0 Å². The first-order valence-electron chi connectivity index (χ1n) is 15.1. The summed E-state index contributed by atoms with van der Waals surface area (Å²) in [5.41, 5.74) is 4.29. The Bertz CT molecular complexity index is 1650. The summed E-state index contributed by atoms with van der Waals surface area (Å²) in [4.78, 5) is 43.5. The highest BCUT2D eigenvalue weighted by Gasteiger charge is 2.31. The minimum Gasteiger partial charge on any atom is -0.462 e. The van der Waals surface area contributed by atoms with Crippen molar-refractivity contribution in [3.8, 4) is 0 Å². The maximum atomic E-state index is 13.6. The second kappa shape index (κ2) is 15.7. The van der Waals surface area contributed by atoms with Crippen LogP contribution in [0.5, 0.6) is 0 Å². The number of nitrogens with one attached hydrogen (secondary N) is 2. The Balaban J connectivity index is 1.26. The maximum Gasteiger partial charge on any atom is 0.341 e. The molecule has 0 saturated carbocycles. The van der Waals surface area contributed by atoms with Crippen LogP contribution in [-0.2, 0) is 33.8 Å². The first kappa shape index (κ1) is 32.2. The number of amides is 2. The van der Waals surface area contributed by atoms with Crippen LogP contribution in [0, 0.1) is 0 Å². The predicted molar refractivity (Wildman–Crippen MR) is 184 cm³/mol. The highest BCUT2D eigenvalue weighted by Crippen LogP contribution is 2.39. The number of hydrogen-bond acceptors (Lipinski definition) is 7. The third-order valence-corrected chi connectivity index (χ3v) is 9.86. The summed E-state index contributed by atoms with van der Waals surface area (Å²) in [6, 6.07) is 27.4. The fourth-order valence-corrected chi connectivity index (χ4v) is 7.48. The normalized spacial score (nSPS) is 13.6. The zero-order chi connectivity index (χ0) is 31.6. The molecule has 0 bridgehead atoms. The van der Waals surface area contributed by atoms with Gasteiger partial charge in [0.2, 0.25) is 11.8 Å². The Hall–Kier alpha value is -4.18. The molecule has 232 valence electrons. The van der Waals surface area contributed by atoms with Crippen molar-refractivity contribution in [1.82, 2.24) is 4.90 Å². The highest BCUT2D eigenvalue weighted by atomic mass is 32.2. The van der Waals surface area contributed by atoms with E-state index in [9.17, 15) is 14.4 Å². The summed E-state index contributed by atoms with van der Waals surface area (Å²) in [6.45, 7) is 6.37. The molecular formula is C36H37N3O4S2. The maximum absolute atomic E-state index is 13.6. The van der Waals surface area contributed by atoms with Crippen molar-refractivity contribution < 1.29 is 19.1 Å². The number of carbonyl (C=O) groups excluding carboxylic acids is 3. The summed E-state index contributed by atoms with van der Waals surface area (Å²) in [5, 5.41) is 6.13. The molecule has 4 aromatic rings. The fourth-order valence-electron chi connectivity index (χ4n) is 5.19. The highest BCUT2D eigenvalue weighted by molar-refractivity contribution is 8.00. The molecule has 1 unspecified atom stereocenters. The minimum absolute atomic E-state index is 0.173. The zero-order valence-electron chi connectivity index (χ0n) is 25.5. The first-order chi connectivity index (χ1) is 21.9. The van der Waals surface area contributed by atoms with Gasteiger partial charge in [-0.1, -0.05) is 73.7 Å². The number of benzene rings is 3. The molecule has 9 heteroatoms. The Morgan fingerprint density at radius 2 is 1.73 bits per heavy atom. The molecule has 0 spiro atoms. The van der Waals surface area contributed by atoms with E-state index in [1.54, 1.807) is 13.0 Å². The molecule has 2 amide bonds. The van der Waals surface area contributed by atoms with Gasteiger partial charge in [-0.05, 0) is 60.7 Å². The number of esters is 1. The van der Waals surface area contributed by atoms with Crippen LogP contribution >= 0.6 is 23.1 Å². The predicted octanol–water partition coefficient (Wildman–Crippen LogP) is 7.64. The molecule has 2 heterocycles. The van der Waals surface area contributed by atoms with E-state index in [0.29, 0.717) is 35.6 Å². The molecule has 1 aromatic heterocycles. The number of hydrogen-bond donors (Lipinski definition) is 2. The molecule has 1 atom stereocenters. The summed E-state index contributed by atoms with van der Waals surface area (Å²) in [6.07, 6.45) is 4.56. The van der Waals surface area contributed by atoms with Gasteiger partial charge in [0.25, 0.3) is 0 Å². The van der Waals surface area contributed by atoms with E-state index in [-0.39, 0.29) is 18.4 Å². The van der Waals surface area contributed by atoms with Crippen molar-refractivity contribution in [3.63, 3.8) is 0 Å². The number of carbonyl (C=O) groups is 3. The van der Waals surface area contributed by atoms with E-state index in [1.807, 2.05) is 79.7 Å². The van der Waals surface area contributed by atoms with Gasteiger partial charge in [0.05, 0.1) is 17.4 Å². The minimum atomic E-state index is -0.405. The third kappa shape index (κ3) is 8.72. The number of rotatable bonds is 12. The first-order valence-corrected chi connectivity index (χ1v) is 16.8. The average Bonchev–Trinajstić information content (AvgIpc) is 3.41. The average molecular weight is 640 g/mol. The van der Waals surface area contributed by atoms with E-state index in [1.165, 1.54) is 34.7 Å². The second-order valence-electron chi connectivity index (χ2n) is 10.6. The lowest BCUT2D eigenvalue weighted by molar-refractivity contribution is -0.115. The van der Waals surface area contributed by atoms with Crippen LogP contribution in [0.15, 0.2) is 95.9 Å². The van der Waals surface area contributed by atoms with Gasteiger partial charge in [-0.15, -0.1) is 23.1 Å². The van der Waals surface area contributed by atoms with Gasteiger partial charge < -0.3 is 15.4 Å². The van der Waals surface area contributed by atoms with E-state index >= 15 is 0 Å². The molecule has 0 aliphatic carbocycles. The van der Waals surface area contributed by atoms with E-state index < -0.39 is 11.2 Å². The Morgan fingerprint density at radius 3 is 2.47 bits per heavy atom. The molecule has 0 radical (unpaired) electrons. The lowest BCUT2D eigenvalue weighted by Crippen LogP contribution is -2.30. The van der Waals surface area contributed by atoms with Crippen LogP contribution in [0.3, 0.4) is 0 Å². The Kier molecular flexibility index (Phi) is 11.2. The molecule has 5 rings (SSSR count). The SMILES string of the molecule is CCOC(=O)c1c(NC(=O)C(CC)Sc2cccc(NC(=O)/C=C/c3ccccc3)c2)sc2c1CCN(Cc1ccccc1)C2. The molecule has 7 nitrogen and oxygen atoms in total. The lowest BCUT2D eigenvalue weighted by atomic mass is 10.0. The largest absolute Gasteiger partial charge is 0.462 e. The molecule has 45 heavy (non-hydrogen) atoms. The summed E-state index contributed by atoms with van der Waals surface area (Å²) < 4.78 is 5.43. The van der Waals surface area contributed by atoms with E-state index in [2.05, 4.69) is 27.7 Å². The number of anilines is 2. The molecule has 0 fully saturated rings. The van der Waals surface area contributed by atoms with Crippen LogP contribution in [0.2, 0.25) is 0 Å². The lowest BCUT2D eigenvalue weighted by Gasteiger charge is -2.27. The Morgan fingerprint density at radius 1 is 0.978 bits per heavy atom. The number of nitrogens with zero attached hydrogens (tertiary/aromatic N) is 1. The molecule has 0 saturated heterocycles. The van der Waals surface area contributed by atoms with Gasteiger partial charge in [-0.2, -0.15) is 0 Å². The standard InChI is InChI=1S/C36H37N3O4S2/c1-3-30(44-28-17-11-16-27(22-28)37-32(40)19-18-25-12-7-5-8-13-25)34(41)38-35-33(36(42)43-4-2)29-20-21-39(24-31(29)45-35)23-26-14-9-6-10-15-26/h5-19,22,30H,3-4,20-21,23-24H2,1-2H3,(H,37,40)(H,38,41)/b19-18+. The second-order valence-corrected chi connectivity index (χ2v) is 13.0. The summed E-state index contributed by atoms with van der Waals surface area (Å²) >= 11 is 2.89. The van der Waals surface area contributed by atoms with Crippen molar-refractivity contribution in [2.24, 2.45) is 0 Å². The van der Waals surface area contributed by atoms with Crippen molar-refractivity contribution in [2.75, 3.05) is 23.8 Å². The number of thioether (sulfide) groups is 1. The molecule has 3 aromatic carbocycles. The molecule has 1 aliphatic heterocycles. The van der Waals surface area contributed by atoms with Gasteiger partial charge in [0.1, 0.15) is 5.00 Å². The number of fused-ring (bicyclic) bond motifs is 1. The van der Waals surface area contributed by atoms with Crippen LogP contribution in [0.4, 0.5) is 10.7 Å². The molecule has 1 aliphatic rings. The van der Waals surface area contributed by atoms with Gasteiger partial charge in [-0.25, -0.2) is 4.79 Å². The third-order valence-electron chi connectivity index (χ3n) is 7.37. The number of thiophene rings is 1. The van der Waals surface area contributed by atoms with Gasteiger partial charge >= 0.3 is 5.97 Å². The smallest absolute Gasteiger partial charge is 0.341 e. The van der Waals surface area contributed by atoms with Gasteiger partial charge in [0, 0.05) is 41.2 Å². The fraction of sp³-hybridized carbons (Fsp3) is 0.250. The van der Waals surface area contributed by atoms with Crippen molar-refractivity contribution in [1.29, 1.82) is 0 Å². The van der Waals surface area contributed by atoms with Crippen molar-refractivity contribution in [3.05, 3.63) is 118 Å². The van der Waals surface area contributed by atoms with Crippen LogP contribution < -0.4 is 10.6 Å². The van der Waals surface area contributed by atoms with Gasteiger partial charge in [-0.3, -0.25) is 14.5 Å². The topological polar surface area (TPSA) is 87.7 Å². The van der Waals surface area contributed by atoms with E-state index in [0.717, 1.165) is 34.0 Å². The summed E-state index contributed by atoms with van der Waals surface area (Å²) in [7, 11) is 0. The van der Waals surface area contributed by atoms with Crippen molar-refractivity contribution in [2.45, 2.75) is 49.9 Å². The summed E-state index contributed by atoms with van der Waals surface area (Å²) in [5.74, 6) is -0.804. The van der Waals surface area contributed by atoms with Crippen molar-refractivity contribution >= 4 is 57.6 Å². The quantitative estimate of drug-likeness (QED) is 0.0941. The number of ether oxygens (including phenoxy) is 1. The molecule has 2 N–H and O–H groups in total. The Labute approximate surface area is 272 Å². The van der Waals surface area contributed by atoms with E-state index in [4.69, 9.17) is 4.74 Å².